The molecule has 1 aromatic heterocycles. The molecule has 0 radical (unpaired) electrons. The zero-order chi connectivity index (χ0) is 11.9. The molecule has 0 bridgehead atoms. The molecule has 0 saturated carbocycles. The Balaban J connectivity index is 2.64. The lowest BCUT2D eigenvalue weighted by molar-refractivity contribution is 0.0913. The summed E-state index contributed by atoms with van der Waals surface area (Å²) in [5, 5.41) is 0.962. The van der Waals surface area contributed by atoms with Crippen LogP contribution < -0.4 is 0 Å². The standard InChI is InChI=1S/C13H13BrO2/c1-7(2)12(15)11-6-9-10(14)5-4-8(3)13(9)16-11/h4-7H,1-3H3. The summed E-state index contributed by atoms with van der Waals surface area (Å²) in [5.41, 5.74) is 1.83. The van der Waals surface area contributed by atoms with Gasteiger partial charge in [-0.1, -0.05) is 35.8 Å². The summed E-state index contributed by atoms with van der Waals surface area (Å²) in [4.78, 5) is 11.8. The van der Waals surface area contributed by atoms with Crippen molar-refractivity contribution in [1.29, 1.82) is 0 Å². The van der Waals surface area contributed by atoms with Gasteiger partial charge in [0.05, 0.1) is 0 Å². The van der Waals surface area contributed by atoms with Gasteiger partial charge in [-0.2, -0.15) is 0 Å². The molecule has 0 aliphatic carbocycles. The molecule has 0 aliphatic heterocycles. The summed E-state index contributed by atoms with van der Waals surface area (Å²) in [6.45, 7) is 5.72. The number of ketones is 1. The van der Waals surface area contributed by atoms with Crippen LogP contribution in [0.2, 0.25) is 0 Å². The van der Waals surface area contributed by atoms with E-state index in [1.807, 2.05) is 39.0 Å². The van der Waals surface area contributed by atoms with Crippen LogP contribution in [0.15, 0.2) is 27.1 Å². The van der Waals surface area contributed by atoms with Crippen LogP contribution in [0.1, 0.15) is 30.0 Å². The molecular formula is C13H13BrO2. The molecule has 2 rings (SSSR count). The third kappa shape index (κ3) is 1.80. The summed E-state index contributed by atoms with van der Waals surface area (Å²) >= 11 is 3.46. The van der Waals surface area contributed by atoms with E-state index in [0.29, 0.717) is 5.76 Å². The Bertz CT molecular complexity index is 513. The molecule has 0 fully saturated rings. The molecule has 1 aromatic carbocycles. The van der Waals surface area contributed by atoms with Crippen molar-refractivity contribution in [3.05, 3.63) is 34.0 Å². The molecule has 1 heterocycles. The van der Waals surface area contributed by atoms with E-state index in [2.05, 4.69) is 15.9 Å². The van der Waals surface area contributed by atoms with Crippen LogP contribution >= 0.6 is 15.9 Å². The van der Waals surface area contributed by atoms with E-state index in [0.717, 1.165) is 21.0 Å². The Morgan fingerprint density at radius 2 is 2.06 bits per heavy atom. The average molecular weight is 281 g/mol. The largest absolute Gasteiger partial charge is 0.453 e. The lowest BCUT2D eigenvalue weighted by Crippen LogP contribution is -2.05. The van der Waals surface area contributed by atoms with E-state index in [1.54, 1.807) is 0 Å². The van der Waals surface area contributed by atoms with Crippen LogP contribution in [0.3, 0.4) is 0 Å². The Morgan fingerprint density at radius 1 is 1.38 bits per heavy atom. The molecule has 0 saturated heterocycles. The van der Waals surface area contributed by atoms with Crippen molar-refractivity contribution in [3.63, 3.8) is 0 Å². The average Bonchev–Trinajstić information content (AvgIpc) is 2.68. The van der Waals surface area contributed by atoms with Crippen molar-refractivity contribution >= 4 is 32.7 Å². The zero-order valence-corrected chi connectivity index (χ0v) is 11.1. The lowest BCUT2D eigenvalue weighted by atomic mass is 10.1. The molecular weight excluding hydrogens is 268 g/mol. The minimum absolute atomic E-state index is 0.0420. The fraction of sp³-hybridized carbons (Fsp3) is 0.308. The maximum Gasteiger partial charge on any atom is 0.200 e. The first-order chi connectivity index (χ1) is 7.50. The van der Waals surface area contributed by atoms with Gasteiger partial charge < -0.3 is 4.42 Å². The first-order valence-electron chi connectivity index (χ1n) is 5.23. The van der Waals surface area contributed by atoms with Crippen LogP contribution in [0.4, 0.5) is 0 Å². The van der Waals surface area contributed by atoms with Gasteiger partial charge in [-0.05, 0) is 24.6 Å². The number of Topliss-reactive ketones (excluding diaryl/α,β-unsaturated/α-hetero) is 1. The quantitative estimate of drug-likeness (QED) is 0.766. The maximum absolute atomic E-state index is 11.8. The second kappa shape index (κ2) is 4.06. The zero-order valence-electron chi connectivity index (χ0n) is 9.50. The first-order valence-corrected chi connectivity index (χ1v) is 6.03. The van der Waals surface area contributed by atoms with Gasteiger partial charge in [0, 0.05) is 15.8 Å². The molecule has 0 atom stereocenters. The highest BCUT2D eigenvalue weighted by Crippen LogP contribution is 2.30. The molecule has 0 unspecified atom stereocenters. The highest BCUT2D eigenvalue weighted by molar-refractivity contribution is 9.10. The fourth-order valence-electron chi connectivity index (χ4n) is 1.63. The van der Waals surface area contributed by atoms with Crippen LogP contribution in [0, 0.1) is 12.8 Å². The number of carbonyl (C=O) groups excluding carboxylic acids is 1. The van der Waals surface area contributed by atoms with E-state index in [4.69, 9.17) is 4.42 Å². The van der Waals surface area contributed by atoms with Crippen molar-refractivity contribution in [3.8, 4) is 0 Å². The van der Waals surface area contributed by atoms with Crippen LogP contribution in [0.5, 0.6) is 0 Å². The van der Waals surface area contributed by atoms with E-state index in [1.165, 1.54) is 0 Å². The van der Waals surface area contributed by atoms with Gasteiger partial charge >= 0.3 is 0 Å². The normalized spacial score (nSPS) is 11.3. The third-order valence-electron chi connectivity index (χ3n) is 2.59. The Hall–Kier alpha value is -1.09. The summed E-state index contributed by atoms with van der Waals surface area (Å²) in [7, 11) is 0. The lowest BCUT2D eigenvalue weighted by Gasteiger charge is -1.98. The van der Waals surface area contributed by atoms with Gasteiger partial charge in [0.15, 0.2) is 5.76 Å². The van der Waals surface area contributed by atoms with Gasteiger partial charge in [0.25, 0.3) is 0 Å². The van der Waals surface area contributed by atoms with Crippen LogP contribution in [0.25, 0.3) is 11.0 Å². The summed E-state index contributed by atoms with van der Waals surface area (Å²) in [6.07, 6.45) is 0. The molecule has 16 heavy (non-hydrogen) atoms. The third-order valence-corrected chi connectivity index (χ3v) is 3.29. The number of halogens is 1. The summed E-state index contributed by atoms with van der Waals surface area (Å²) in [6, 6.07) is 5.76. The molecule has 0 aliphatic rings. The topological polar surface area (TPSA) is 30.2 Å². The first kappa shape index (κ1) is 11.4. The van der Waals surface area contributed by atoms with Crippen molar-refractivity contribution in [2.24, 2.45) is 5.92 Å². The van der Waals surface area contributed by atoms with Crippen LogP contribution in [-0.2, 0) is 0 Å². The van der Waals surface area contributed by atoms with Gasteiger partial charge in [0.2, 0.25) is 5.78 Å². The number of hydrogen-bond donors (Lipinski definition) is 0. The number of rotatable bonds is 2. The monoisotopic (exact) mass is 280 g/mol. The Labute approximate surface area is 103 Å². The molecule has 2 nitrogen and oxygen atoms in total. The summed E-state index contributed by atoms with van der Waals surface area (Å²) in [5.74, 6) is 0.446. The van der Waals surface area contributed by atoms with Crippen molar-refractivity contribution < 1.29 is 9.21 Å². The highest BCUT2D eigenvalue weighted by Gasteiger charge is 2.17. The van der Waals surface area contributed by atoms with E-state index in [-0.39, 0.29) is 11.7 Å². The molecule has 3 heteroatoms. The Kier molecular flexibility index (Phi) is 2.89. The van der Waals surface area contributed by atoms with E-state index in [9.17, 15) is 4.79 Å². The molecule has 0 N–H and O–H groups in total. The minimum atomic E-state index is -0.0420. The fourth-order valence-corrected chi connectivity index (χ4v) is 2.06. The van der Waals surface area contributed by atoms with Gasteiger partial charge in [-0.15, -0.1) is 0 Å². The van der Waals surface area contributed by atoms with Crippen LogP contribution in [-0.4, -0.2) is 5.78 Å². The number of carbonyl (C=O) groups is 1. The van der Waals surface area contributed by atoms with Gasteiger partial charge in [0.1, 0.15) is 5.58 Å². The molecule has 2 aromatic rings. The summed E-state index contributed by atoms with van der Waals surface area (Å²) < 4.78 is 6.58. The number of aryl methyl sites for hydroxylation is 1. The smallest absolute Gasteiger partial charge is 0.200 e. The van der Waals surface area contributed by atoms with E-state index < -0.39 is 0 Å². The van der Waals surface area contributed by atoms with Crippen molar-refractivity contribution in [2.45, 2.75) is 20.8 Å². The maximum atomic E-state index is 11.8. The second-order valence-electron chi connectivity index (χ2n) is 4.24. The number of benzene rings is 1. The van der Waals surface area contributed by atoms with E-state index >= 15 is 0 Å². The predicted molar refractivity (Wildman–Crippen MR) is 67.8 cm³/mol. The highest BCUT2D eigenvalue weighted by atomic mass is 79.9. The molecule has 0 amide bonds. The van der Waals surface area contributed by atoms with Gasteiger partial charge in [-0.25, -0.2) is 0 Å². The number of fused-ring (bicyclic) bond motifs is 1. The van der Waals surface area contributed by atoms with Crippen molar-refractivity contribution in [1.82, 2.24) is 0 Å². The number of furan rings is 1. The number of hydrogen-bond acceptors (Lipinski definition) is 2. The Morgan fingerprint density at radius 3 is 2.62 bits per heavy atom. The second-order valence-corrected chi connectivity index (χ2v) is 5.09. The molecule has 84 valence electrons. The van der Waals surface area contributed by atoms with Crippen molar-refractivity contribution in [2.75, 3.05) is 0 Å². The minimum Gasteiger partial charge on any atom is -0.453 e. The SMILES string of the molecule is Cc1ccc(Br)c2cc(C(=O)C(C)C)oc12. The predicted octanol–water partition coefficient (Wildman–Crippen LogP) is 4.34. The molecule has 0 spiro atoms. The van der Waals surface area contributed by atoms with Gasteiger partial charge in [-0.3, -0.25) is 4.79 Å².